The van der Waals surface area contributed by atoms with Crippen molar-refractivity contribution in [1.82, 2.24) is 15.5 Å². The molecule has 0 saturated carbocycles. The third-order valence-corrected chi connectivity index (χ3v) is 8.91. The van der Waals surface area contributed by atoms with Gasteiger partial charge in [0.25, 0.3) is 0 Å². The van der Waals surface area contributed by atoms with Gasteiger partial charge < -0.3 is 20.3 Å². The number of ether oxygens (including phenoxy) is 1. The summed E-state index contributed by atoms with van der Waals surface area (Å²) in [6, 6.07) is 16.6. The van der Waals surface area contributed by atoms with Gasteiger partial charge in [-0.05, 0) is 30.0 Å². The molecule has 5 rings (SSSR count). The molecule has 0 radical (unpaired) electrons. The quantitative estimate of drug-likeness (QED) is 0.536. The lowest BCUT2D eigenvalue weighted by Gasteiger charge is -2.41. The lowest BCUT2D eigenvalue weighted by atomic mass is 9.74. The van der Waals surface area contributed by atoms with E-state index in [1.807, 2.05) is 54.6 Å². The normalized spacial score (nSPS) is 19.8. The summed E-state index contributed by atoms with van der Waals surface area (Å²) in [6.07, 6.45) is 2.54. The Morgan fingerprint density at radius 3 is 2.41 bits per heavy atom. The predicted octanol–water partition coefficient (Wildman–Crippen LogP) is 1.25. The van der Waals surface area contributed by atoms with Crippen molar-refractivity contribution in [3.63, 3.8) is 0 Å². The van der Waals surface area contributed by atoms with E-state index in [-0.39, 0.29) is 29.8 Å². The molecule has 3 heterocycles. The Kier molecular flexibility index (Phi) is 7.24. The van der Waals surface area contributed by atoms with Crippen molar-refractivity contribution >= 4 is 27.5 Å². The number of anilines is 1. The van der Waals surface area contributed by atoms with Gasteiger partial charge in [-0.25, -0.2) is 8.42 Å². The van der Waals surface area contributed by atoms with Crippen molar-refractivity contribution in [3.8, 4) is 0 Å². The van der Waals surface area contributed by atoms with E-state index in [9.17, 15) is 18.0 Å². The maximum absolute atomic E-state index is 13.6. The minimum atomic E-state index is -3.40. The zero-order valence-electron chi connectivity index (χ0n) is 21.1. The van der Waals surface area contributed by atoms with Crippen molar-refractivity contribution in [2.75, 3.05) is 49.9 Å². The Morgan fingerprint density at radius 2 is 1.76 bits per heavy atom. The maximum atomic E-state index is 13.6. The van der Waals surface area contributed by atoms with Crippen molar-refractivity contribution in [1.29, 1.82) is 0 Å². The summed E-state index contributed by atoms with van der Waals surface area (Å²) in [5.74, 6) is -0.428. The molecule has 10 heteroatoms. The number of amides is 2. The summed E-state index contributed by atoms with van der Waals surface area (Å²) >= 11 is 0. The molecule has 2 amide bonds. The van der Waals surface area contributed by atoms with Crippen LogP contribution in [0.2, 0.25) is 0 Å². The highest BCUT2D eigenvalue weighted by molar-refractivity contribution is 7.92. The summed E-state index contributed by atoms with van der Waals surface area (Å²) in [6.45, 7) is 3.03. The number of rotatable bonds is 8. The highest BCUT2D eigenvalue weighted by atomic mass is 32.2. The molecule has 1 atom stereocenters. The van der Waals surface area contributed by atoms with Crippen LogP contribution in [0.1, 0.15) is 24.0 Å². The zero-order chi connectivity index (χ0) is 26.0. The van der Waals surface area contributed by atoms with Crippen molar-refractivity contribution in [2.45, 2.75) is 30.9 Å². The number of para-hydroxylation sites is 1. The Balaban J connectivity index is 1.26. The number of carbonyl (C=O) groups excluding carboxylic acids is 2. The smallest absolute Gasteiger partial charge is 0.247 e. The van der Waals surface area contributed by atoms with Crippen molar-refractivity contribution < 1.29 is 22.7 Å². The number of piperidine rings is 1. The summed E-state index contributed by atoms with van der Waals surface area (Å²) in [7, 11) is -3.40. The van der Waals surface area contributed by atoms with E-state index in [1.54, 1.807) is 4.90 Å². The highest BCUT2D eigenvalue weighted by Crippen LogP contribution is 2.47. The van der Waals surface area contributed by atoms with Gasteiger partial charge in [0.15, 0.2) is 0 Å². The fourth-order valence-electron chi connectivity index (χ4n) is 5.49. The summed E-state index contributed by atoms with van der Waals surface area (Å²) < 4.78 is 32.3. The Morgan fingerprint density at radius 1 is 1.08 bits per heavy atom. The molecule has 37 heavy (non-hydrogen) atoms. The van der Waals surface area contributed by atoms with E-state index in [2.05, 4.69) is 10.6 Å². The first-order valence-electron chi connectivity index (χ1n) is 12.8. The molecular weight excluding hydrogens is 492 g/mol. The minimum Gasteiger partial charge on any atom is -0.374 e. The molecule has 3 aliphatic heterocycles. The highest BCUT2D eigenvalue weighted by Gasteiger charge is 2.48. The molecule has 2 fully saturated rings. The lowest BCUT2D eigenvalue weighted by molar-refractivity contribution is -0.141. The van der Waals surface area contributed by atoms with Crippen LogP contribution in [-0.4, -0.2) is 76.8 Å². The van der Waals surface area contributed by atoms with Crippen LogP contribution in [-0.2, 0) is 36.4 Å². The van der Waals surface area contributed by atoms with Crippen LogP contribution in [0, 0.1) is 5.92 Å². The van der Waals surface area contributed by atoms with Gasteiger partial charge in [-0.2, -0.15) is 0 Å². The fraction of sp³-hybridized carbons (Fsp3) is 0.481. The predicted molar refractivity (Wildman–Crippen MR) is 141 cm³/mol. The number of likely N-dealkylation sites (tertiary alicyclic amines) is 1. The maximum Gasteiger partial charge on any atom is 0.247 e. The van der Waals surface area contributed by atoms with Gasteiger partial charge in [0.2, 0.25) is 21.8 Å². The van der Waals surface area contributed by atoms with Gasteiger partial charge in [0.1, 0.15) is 6.04 Å². The first-order valence-corrected chi connectivity index (χ1v) is 14.6. The van der Waals surface area contributed by atoms with Gasteiger partial charge in [0, 0.05) is 38.1 Å². The van der Waals surface area contributed by atoms with Crippen molar-refractivity contribution in [3.05, 3.63) is 65.7 Å². The Hall–Kier alpha value is -2.95. The number of hydrogen-bond donors (Lipinski definition) is 2. The van der Waals surface area contributed by atoms with Crippen molar-refractivity contribution in [2.24, 2.45) is 5.92 Å². The molecular formula is C27H34N4O5S. The van der Waals surface area contributed by atoms with E-state index in [0.717, 1.165) is 16.8 Å². The van der Waals surface area contributed by atoms with E-state index < -0.39 is 16.1 Å². The SMILES string of the molecule is CS(=O)(=O)N1CC2(CCN(C(=O)[C@@H](COCc3ccccc3)NC(=O)C3CNC3)CC2)c2ccccc21. The average molecular weight is 527 g/mol. The molecule has 2 saturated heterocycles. The molecule has 0 aliphatic carbocycles. The second-order valence-corrected chi connectivity index (χ2v) is 12.2. The molecule has 198 valence electrons. The van der Waals surface area contributed by atoms with Gasteiger partial charge in [-0.1, -0.05) is 48.5 Å². The number of carbonyl (C=O) groups is 2. The first kappa shape index (κ1) is 25.7. The Labute approximate surface area is 218 Å². The van der Waals surface area contributed by atoms with Crippen LogP contribution in [0.25, 0.3) is 0 Å². The summed E-state index contributed by atoms with van der Waals surface area (Å²) in [5, 5.41) is 6.01. The molecule has 2 N–H and O–H groups in total. The van der Waals surface area contributed by atoms with E-state index in [0.29, 0.717) is 52.2 Å². The molecule has 0 aromatic heterocycles. The Bertz CT molecular complexity index is 1240. The summed E-state index contributed by atoms with van der Waals surface area (Å²) in [4.78, 5) is 28.1. The van der Waals surface area contributed by atoms with Crippen LogP contribution >= 0.6 is 0 Å². The van der Waals surface area contributed by atoms with Gasteiger partial charge in [-0.3, -0.25) is 13.9 Å². The topological polar surface area (TPSA) is 108 Å². The lowest BCUT2D eigenvalue weighted by Crippen LogP contribution is -2.58. The van der Waals surface area contributed by atoms with Crippen LogP contribution in [0.3, 0.4) is 0 Å². The number of nitrogens with zero attached hydrogens (tertiary/aromatic N) is 2. The van der Waals surface area contributed by atoms with E-state index in [1.165, 1.54) is 10.6 Å². The zero-order valence-corrected chi connectivity index (χ0v) is 21.9. The van der Waals surface area contributed by atoms with Gasteiger partial charge in [0.05, 0.1) is 31.1 Å². The second kappa shape index (κ2) is 10.4. The first-order chi connectivity index (χ1) is 17.8. The van der Waals surface area contributed by atoms with Crippen LogP contribution in [0.15, 0.2) is 54.6 Å². The minimum absolute atomic E-state index is 0.0892. The molecule has 2 aromatic rings. The largest absolute Gasteiger partial charge is 0.374 e. The third-order valence-electron chi connectivity index (χ3n) is 7.79. The van der Waals surface area contributed by atoms with Crippen LogP contribution in [0.5, 0.6) is 0 Å². The molecule has 3 aliphatic rings. The average Bonchev–Trinajstić information content (AvgIpc) is 3.18. The number of nitrogens with one attached hydrogen (secondary N) is 2. The van der Waals surface area contributed by atoms with Crippen LogP contribution < -0.4 is 14.9 Å². The standard InChI is InChI=1S/C27H34N4O5S/c1-37(34,35)31-19-27(22-9-5-6-10-24(22)31)11-13-30(14-12-27)26(33)23(29-25(32)21-15-28-16-21)18-36-17-20-7-3-2-4-8-20/h2-10,21,23,28H,11-19H2,1H3,(H,29,32)/t23-/m1/s1. The number of sulfonamides is 1. The molecule has 9 nitrogen and oxygen atoms in total. The molecule has 1 spiro atoms. The summed E-state index contributed by atoms with van der Waals surface area (Å²) in [5.41, 5.74) is 2.44. The van der Waals surface area contributed by atoms with E-state index in [4.69, 9.17) is 4.74 Å². The molecule has 0 bridgehead atoms. The fourth-order valence-corrected chi connectivity index (χ4v) is 6.49. The number of fused-ring (bicyclic) bond motifs is 2. The second-order valence-electron chi connectivity index (χ2n) is 10.3. The number of benzene rings is 2. The van der Waals surface area contributed by atoms with Gasteiger partial charge >= 0.3 is 0 Å². The van der Waals surface area contributed by atoms with Crippen LogP contribution in [0.4, 0.5) is 5.69 Å². The molecule has 0 unspecified atom stereocenters. The third kappa shape index (κ3) is 5.37. The van der Waals surface area contributed by atoms with E-state index >= 15 is 0 Å². The number of hydrogen-bond acceptors (Lipinski definition) is 6. The monoisotopic (exact) mass is 526 g/mol. The molecule has 2 aromatic carbocycles. The van der Waals surface area contributed by atoms with Gasteiger partial charge in [-0.15, -0.1) is 0 Å².